The standard InChI is InChI=1S/C19H33N3O3/c1-11(13-10-14(24-5)16-15(13)17(16)21-20)9-12-7-6-8-22(12)18(23)25-19(2,3)4/h11-13,15,17,21H,6-10,20H2,1-5H3/t11-,12-,13-,15?,17?/m1/s1. The Bertz CT molecular complexity index is 555. The molecule has 2 aliphatic carbocycles. The Labute approximate surface area is 151 Å². The predicted molar refractivity (Wildman–Crippen MR) is 96.5 cm³/mol. The lowest BCUT2D eigenvalue weighted by Gasteiger charge is -2.32. The van der Waals surface area contributed by atoms with E-state index in [0.29, 0.717) is 17.8 Å². The number of methoxy groups -OCH3 is 1. The summed E-state index contributed by atoms with van der Waals surface area (Å²) in [5.74, 6) is 8.36. The Morgan fingerprint density at radius 3 is 2.76 bits per heavy atom. The van der Waals surface area contributed by atoms with Gasteiger partial charge in [0.1, 0.15) is 5.60 Å². The molecule has 0 aromatic carbocycles. The number of allylic oxidation sites excluding steroid dienone is 1. The summed E-state index contributed by atoms with van der Waals surface area (Å²) in [5, 5.41) is 0. The molecule has 1 aliphatic heterocycles. The van der Waals surface area contributed by atoms with Gasteiger partial charge in [-0.3, -0.25) is 11.3 Å². The van der Waals surface area contributed by atoms with Gasteiger partial charge in [0.25, 0.3) is 0 Å². The highest BCUT2D eigenvalue weighted by Gasteiger charge is 2.57. The van der Waals surface area contributed by atoms with Crippen molar-refractivity contribution in [1.29, 1.82) is 0 Å². The van der Waals surface area contributed by atoms with Crippen molar-refractivity contribution in [3.05, 3.63) is 11.3 Å². The number of nitrogens with one attached hydrogen (secondary N) is 1. The van der Waals surface area contributed by atoms with Gasteiger partial charge in [0, 0.05) is 24.9 Å². The summed E-state index contributed by atoms with van der Waals surface area (Å²) in [5.41, 5.74) is 3.83. The van der Waals surface area contributed by atoms with Crippen molar-refractivity contribution in [2.75, 3.05) is 13.7 Å². The van der Waals surface area contributed by atoms with Gasteiger partial charge in [-0.25, -0.2) is 4.79 Å². The summed E-state index contributed by atoms with van der Waals surface area (Å²) in [6, 6.07) is 0.560. The van der Waals surface area contributed by atoms with Gasteiger partial charge >= 0.3 is 6.09 Å². The van der Waals surface area contributed by atoms with E-state index >= 15 is 0 Å². The van der Waals surface area contributed by atoms with Crippen LogP contribution in [0.2, 0.25) is 0 Å². The first-order valence-corrected chi connectivity index (χ1v) is 9.49. The van der Waals surface area contributed by atoms with Crippen LogP contribution in [0.3, 0.4) is 0 Å². The number of hydrogen-bond acceptors (Lipinski definition) is 5. The SMILES string of the molecule is COC1=C2C(NN)C2[C@@H]([C@H](C)C[C@H]2CCCN2C(=O)OC(C)(C)C)C1. The number of hydrogen-bond donors (Lipinski definition) is 2. The molecule has 0 radical (unpaired) electrons. The first kappa shape index (κ1) is 18.5. The number of ether oxygens (including phenoxy) is 2. The van der Waals surface area contributed by atoms with E-state index in [-0.39, 0.29) is 18.2 Å². The minimum Gasteiger partial charge on any atom is -0.501 e. The number of fused-ring (bicyclic) bond motifs is 1. The van der Waals surface area contributed by atoms with Crippen LogP contribution >= 0.6 is 0 Å². The van der Waals surface area contributed by atoms with Crippen LogP contribution in [0.4, 0.5) is 4.79 Å². The summed E-state index contributed by atoms with van der Waals surface area (Å²) in [6.45, 7) is 8.87. The minimum absolute atomic E-state index is 0.169. The minimum atomic E-state index is -0.443. The molecule has 6 nitrogen and oxygen atoms in total. The number of amides is 1. The molecule has 0 bridgehead atoms. The smallest absolute Gasteiger partial charge is 0.410 e. The van der Waals surface area contributed by atoms with Crippen LogP contribution in [-0.4, -0.2) is 42.3 Å². The Kier molecular flexibility index (Phi) is 5.04. The monoisotopic (exact) mass is 351 g/mol. The van der Waals surface area contributed by atoms with Crippen molar-refractivity contribution in [3.8, 4) is 0 Å². The molecule has 1 heterocycles. The Balaban J connectivity index is 1.60. The molecule has 0 aromatic rings. The zero-order valence-corrected chi connectivity index (χ0v) is 16.2. The zero-order valence-electron chi connectivity index (χ0n) is 16.2. The van der Waals surface area contributed by atoms with Gasteiger partial charge in [0.2, 0.25) is 0 Å². The lowest BCUT2D eigenvalue weighted by Crippen LogP contribution is -2.41. The fraction of sp³-hybridized carbons (Fsp3) is 0.842. The van der Waals surface area contributed by atoms with Crippen molar-refractivity contribution in [1.82, 2.24) is 10.3 Å². The molecule has 1 saturated carbocycles. The molecule has 5 atom stereocenters. The second kappa shape index (κ2) is 6.80. The van der Waals surface area contributed by atoms with Gasteiger partial charge in [0.05, 0.1) is 18.9 Å². The third-order valence-electron chi connectivity index (χ3n) is 5.95. The molecule has 1 saturated heterocycles. The van der Waals surface area contributed by atoms with Crippen molar-refractivity contribution in [3.63, 3.8) is 0 Å². The second-order valence-corrected chi connectivity index (χ2v) is 8.80. The van der Waals surface area contributed by atoms with Gasteiger partial charge in [-0.1, -0.05) is 6.92 Å². The number of nitrogens with zero attached hydrogens (tertiary/aromatic N) is 1. The average Bonchev–Trinajstić information content (AvgIpc) is 2.89. The molecule has 142 valence electrons. The highest BCUT2D eigenvalue weighted by molar-refractivity contribution is 5.68. The van der Waals surface area contributed by atoms with Crippen molar-refractivity contribution in [2.24, 2.45) is 23.6 Å². The summed E-state index contributed by atoms with van der Waals surface area (Å²) in [7, 11) is 1.75. The highest BCUT2D eigenvalue weighted by atomic mass is 16.6. The molecule has 3 N–H and O–H groups in total. The summed E-state index contributed by atoms with van der Waals surface area (Å²) in [4.78, 5) is 14.4. The molecule has 6 heteroatoms. The summed E-state index contributed by atoms with van der Waals surface area (Å²) in [6.07, 6.45) is 3.97. The van der Waals surface area contributed by atoms with E-state index in [1.807, 2.05) is 25.7 Å². The predicted octanol–water partition coefficient (Wildman–Crippen LogP) is 2.79. The third kappa shape index (κ3) is 3.65. The molecule has 25 heavy (non-hydrogen) atoms. The number of carbonyl (C=O) groups is 1. The normalized spacial score (nSPS) is 32.6. The van der Waals surface area contributed by atoms with Crippen molar-refractivity contribution < 1.29 is 14.3 Å². The maximum atomic E-state index is 12.5. The van der Waals surface area contributed by atoms with Crippen LogP contribution in [-0.2, 0) is 9.47 Å². The maximum absolute atomic E-state index is 12.5. The zero-order chi connectivity index (χ0) is 18.4. The summed E-state index contributed by atoms with van der Waals surface area (Å²) >= 11 is 0. The third-order valence-corrected chi connectivity index (χ3v) is 5.95. The van der Waals surface area contributed by atoms with Crippen molar-refractivity contribution >= 4 is 6.09 Å². The van der Waals surface area contributed by atoms with Crippen LogP contribution in [0.1, 0.15) is 53.4 Å². The fourth-order valence-corrected chi connectivity index (χ4v) is 4.77. The van der Waals surface area contributed by atoms with E-state index in [1.165, 1.54) is 5.57 Å². The van der Waals surface area contributed by atoms with E-state index < -0.39 is 5.60 Å². The quantitative estimate of drug-likeness (QED) is 0.588. The van der Waals surface area contributed by atoms with E-state index in [2.05, 4.69) is 12.3 Å². The van der Waals surface area contributed by atoms with Gasteiger partial charge in [0.15, 0.2) is 0 Å². The molecule has 2 unspecified atom stereocenters. The van der Waals surface area contributed by atoms with E-state index in [0.717, 1.165) is 38.0 Å². The largest absolute Gasteiger partial charge is 0.501 e. The van der Waals surface area contributed by atoms with Crippen LogP contribution < -0.4 is 11.3 Å². The summed E-state index contributed by atoms with van der Waals surface area (Å²) < 4.78 is 11.2. The molecule has 0 spiro atoms. The fourth-order valence-electron chi connectivity index (χ4n) is 4.77. The lowest BCUT2D eigenvalue weighted by atomic mass is 9.83. The number of rotatable bonds is 5. The van der Waals surface area contributed by atoms with Crippen LogP contribution in [0.25, 0.3) is 0 Å². The average molecular weight is 351 g/mol. The first-order chi connectivity index (χ1) is 11.8. The van der Waals surface area contributed by atoms with Gasteiger partial charge in [-0.15, -0.1) is 0 Å². The van der Waals surface area contributed by atoms with Crippen LogP contribution in [0.5, 0.6) is 0 Å². The molecular formula is C19H33N3O3. The number of nitrogens with two attached hydrogens (primary N) is 1. The van der Waals surface area contributed by atoms with E-state index in [9.17, 15) is 4.79 Å². The van der Waals surface area contributed by atoms with Crippen LogP contribution in [0, 0.1) is 17.8 Å². The molecule has 1 amide bonds. The second-order valence-electron chi connectivity index (χ2n) is 8.80. The molecule has 0 aromatic heterocycles. The van der Waals surface area contributed by atoms with Gasteiger partial charge < -0.3 is 14.4 Å². The van der Waals surface area contributed by atoms with E-state index in [1.54, 1.807) is 7.11 Å². The molecule has 3 aliphatic rings. The Hall–Kier alpha value is -1.27. The maximum Gasteiger partial charge on any atom is 0.410 e. The van der Waals surface area contributed by atoms with Gasteiger partial charge in [-0.05, 0) is 57.4 Å². The highest BCUT2D eigenvalue weighted by Crippen LogP contribution is 2.57. The molecular weight excluding hydrogens is 318 g/mol. The van der Waals surface area contributed by atoms with Gasteiger partial charge in [-0.2, -0.15) is 0 Å². The number of likely N-dealkylation sites (tertiary alicyclic amines) is 1. The van der Waals surface area contributed by atoms with Crippen molar-refractivity contribution in [2.45, 2.75) is 71.1 Å². The Morgan fingerprint density at radius 2 is 2.16 bits per heavy atom. The number of hydrazine groups is 1. The van der Waals surface area contributed by atoms with E-state index in [4.69, 9.17) is 15.3 Å². The molecule has 2 fully saturated rings. The molecule has 3 rings (SSSR count). The number of carbonyl (C=O) groups excluding carboxylic acids is 1. The lowest BCUT2D eigenvalue weighted by molar-refractivity contribution is 0.0200. The Morgan fingerprint density at radius 1 is 1.44 bits per heavy atom. The van der Waals surface area contributed by atoms with Crippen LogP contribution in [0.15, 0.2) is 11.3 Å². The first-order valence-electron chi connectivity index (χ1n) is 9.49. The topological polar surface area (TPSA) is 76.8 Å².